The Morgan fingerprint density at radius 3 is 2.44 bits per heavy atom. The van der Waals surface area contributed by atoms with Crippen molar-refractivity contribution >= 4 is 16.8 Å². The highest BCUT2D eigenvalue weighted by Crippen LogP contribution is 2.62. The van der Waals surface area contributed by atoms with E-state index in [1.807, 2.05) is 37.3 Å². The Balaban J connectivity index is 1.56. The average Bonchev–Trinajstić information content (AvgIpc) is 3.41. The number of rotatable bonds is 6. The van der Waals surface area contributed by atoms with Crippen molar-refractivity contribution in [3.63, 3.8) is 0 Å². The molecule has 2 aliphatic carbocycles. The lowest BCUT2D eigenvalue weighted by molar-refractivity contribution is 0.0738. The monoisotopic (exact) mass is 460 g/mol. The minimum absolute atomic E-state index is 0.0242. The van der Waals surface area contributed by atoms with Gasteiger partial charge in [0.05, 0.1) is 25.3 Å². The van der Waals surface area contributed by atoms with Crippen LogP contribution >= 0.6 is 0 Å². The maximum Gasteiger partial charge on any atom is 0.253 e. The van der Waals surface area contributed by atoms with E-state index >= 15 is 0 Å². The topological polar surface area (TPSA) is 52.5 Å². The van der Waals surface area contributed by atoms with E-state index in [9.17, 15) is 4.79 Å². The van der Waals surface area contributed by atoms with E-state index in [-0.39, 0.29) is 22.8 Å². The average molecular weight is 461 g/mol. The lowest BCUT2D eigenvalue weighted by Crippen LogP contribution is -2.52. The Hall–Kier alpha value is -2.95. The van der Waals surface area contributed by atoms with Crippen molar-refractivity contribution in [1.29, 1.82) is 0 Å². The van der Waals surface area contributed by atoms with Crippen molar-refractivity contribution in [2.24, 2.45) is 16.7 Å². The maximum atomic E-state index is 13.9. The highest BCUT2D eigenvalue weighted by molar-refractivity contribution is 6.10. The number of fused-ring (bicyclic) bond motifs is 3. The van der Waals surface area contributed by atoms with Crippen molar-refractivity contribution in [2.75, 3.05) is 14.2 Å². The summed E-state index contributed by atoms with van der Waals surface area (Å²) in [5.74, 6) is 2.31. The number of methoxy groups -OCH3 is 2. The highest BCUT2D eigenvalue weighted by atomic mass is 16.5. The van der Waals surface area contributed by atoms with E-state index in [1.54, 1.807) is 14.2 Å². The zero-order valence-corrected chi connectivity index (χ0v) is 21.2. The zero-order valence-electron chi connectivity index (χ0n) is 21.2. The third kappa shape index (κ3) is 3.40. The van der Waals surface area contributed by atoms with Gasteiger partial charge >= 0.3 is 0 Å². The molecule has 5 rings (SSSR count). The number of para-hydroxylation sites is 1. The van der Waals surface area contributed by atoms with Crippen LogP contribution in [0.1, 0.15) is 61.6 Å². The van der Waals surface area contributed by atoms with Crippen LogP contribution in [-0.4, -0.2) is 30.7 Å². The number of hydrogen-bond donors (Lipinski definition) is 1. The van der Waals surface area contributed by atoms with Crippen LogP contribution in [0.2, 0.25) is 0 Å². The second-order valence-corrected chi connectivity index (χ2v) is 11.1. The molecule has 5 heteroatoms. The summed E-state index contributed by atoms with van der Waals surface area (Å²) in [7, 11) is 3.36. The Labute approximate surface area is 202 Å². The molecule has 2 saturated carbocycles. The first kappa shape index (κ1) is 22.8. The van der Waals surface area contributed by atoms with Crippen LogP contribution in [-0.2, 0) is 6.54 Å². The predicted molar refractivity (Wildman–Crippen MR) is 136 cm³/mol. The molecule has 3 aromatic rings. The number of carbonyl (C=O) groups excluding carboxylic acids is 1. The molecule has 2 fully saturated rings. The van der Waals surface area contributed by atoms with Gasteiger partial charge in [0.2, 0.25) is 0 Å². The summed E-state index contributed by atoms with van der Waals surface area (Å²) in [6, 6.07) is 14.2. The second kappa shape index (κ2) is 8.07. The van der Waals surface area contributed by atoms with Gasteiger partial charge < -0.3 is 19.4 Å². The third-order valence-electron chi connectivity index (χ3n) is 8.80. The van der Waals surface area contributed by atoms with E-state index in [2.05, 4.69) is 42.8 Å². The number of benzene rings is 2. The number of nitrogens with zero attached hydrogens (tertiary/aromatic N) is 1. The van der Waals surface area contributed by atoms with Crippen LogP contribution in [0.5, 0.6) is 11.5 Å². The SMILES string of the molecule is COc1ccc(Cn2c(C)c(C(=O)NC3C4(C)CC[C@H](C4)C3(C)C)c3cccc(OC)c32)cc1. The van der Waals surface area contributed by atoms with Gasteiger partial charge in [-0.1, -0.05) is 45.0 Å². The third-order valence-corrected chi connectivity index (χ3v) is 8.80. The normalized spacial score (nSPS) is 25.0. The first-order chi connectivity index (χ1) is 16.2. The molecule has 5 nitrogen and oxygen atoms in total. The molecular weight excluding hydrogens is 424 g/mol. The molecule has 0 spiro atoms. The van der Waals surface area contributed by atoms with Crippen LogP contribution < -0.4 is 14.8 Å². The molecule has 2 bridgehead atoms. The van der Waals surface area contributed by atoms with Gasteiger partial charge in [-0.25, -0.2) is 0 Å². The maximum absolute atomic E-state index is 13.9. The van der Waals surface area contributed by atoms with Crippen LogP contribution in [0, 0.1) is 23.7 Å². The van der Waals surface area contributed by atoms with Crippen LogP contribution in [0.4, 0.5) is 0 Å². The summed E-state index contributed by atoms with van der Waals surface area (Å²) in [6.45, 7) is 9.71. The van der Waals surface area contributed by atoms with Gasteiger partial charge in [0, 0.05) is 23.7 Å². The van der Waals surface area contributed by atoms with Crippen molar-refractivity contribution in [3.8, 4) is 11.5 Å². The minimum atomic E-state index is 0.0242. The van der Waals surface area contributed by atoms with Gasteiger partial charge in [0.25, 0.3) is 5.91 Å². The van der Waals surface area contributed by atoms with E-state index in [4.69, 9.17) is 9.47 Å². The van der Waals surface area contributed by atoms with Gasteiger partial charge in [0.15, 0.2) is 0 Å². The first-order valence-electron chi connectivity index (χ1n) is 12.3. The van der Waals surface area contributed by atoms with Gasteiger partial charge in [-0.15, -0.1) is 0 Å². The fourth-order valence-electron chi connectivity index (χ4n) is 6.93. The molecule has 1 N–H and O–H groups in total. The molecule has 180 valence electrons. The van der Waals surface area contributed by atoms with Gasteiger partial charge in [-0.2, -0.15) is 0 Å². The van der Waals surface area contributed by atoms with Crippen molar-refractivity contribution in [2.45, 2.75) is 59.5 Å². The number of amides is 1. The minimum Gasteiger partial charge on any atom is -0.497 e. The number of nitrogens with one attached hydrogen (secondary N) is 1. The second-order valence-electron chi connectivity index (χ2n) is 11.1. The summed E-state index contributed by atoms with van der Waals surface area (Å²) in [5, 5.41) is 4.45. The van der Waals surface area contributed by atoms with E-state index in [1.165, 1.54) is 19.3 Å². The molecule has 2 aliphatic rings. The molecule has 1 aromatic heterocycles. The lowest BCUT2D eigenvalue weighted by atomic mass is 9.68. The number of hydrogen-bond acceptors (Lipinski definition) is 3. The lowest BCUT2D eigenvalue weighted by Gasteiger charge is -2.43. The summed E-state index contributed by atoms with van der Waals surface area (Å²) < 4.78 is 13.3. The summed E-state index contributed by atoms with van der Waals surface area (Å²) in [4.78, 5) is 13.9. The van der Waals surface area contributed by atoms with Gasteiger partial charge in [-0.05, 0) is 66.7 Å². The molecular formula is C29H36N2O3. The first-order valence-corrected chi connectivity index (χ1v) is 12.3. The van der Waals surface area contributed by atoms with Crippen molar-refractivity contribution in [3.05, 3.63) is 59.3 Å². The molecule has 34 heavy (non-hydrogen) atoms. The fraction of sp³-hybridized carbons (Fsp3) is 0.483. The molecule has 1 heterocycles. The molecule has 3 atom stereocenters. The molecule has 0 radical (unpaired) electrons. The van der Waals surface area contributed by atoms with Crippen molar-refractivity contribution < 1.29 is 14.3 Å². The summed E-state index contributed by atoms with van der Waals surface area (Å²) in [6.07, 6.45) is 3.67. The van der Waals surface area contributed by atoms with Gasteiger partial charge in [-0.3, -0.25) is 4.79 Å². The van der Waals surface area contributed by atoms with Crippen LogP contribution in [0.3, 0.4) is 0 Å². The Morgan fingerprint density at radius 2 is 1.82 bits per heavy atom. The van der Waals surface area contributed by atoms with Gasteiger partial charge in [0.1, 0.15) is 11.5 Å². The molecule has 2 unspecified atom stereocenters. The van der Waals surface area contributed by atoms with E-state index in [0.717, 1.165) is 39.2 Å². The van der Waals surface area contributed by atoms with Crippen LogP contribution in [0.25, 0.3) is 10.9 Å². The molecule has 0 saturated heterocycles. The number of aromatic nitrogens is 1. The highest BCUT2D eigenvalue weighted by Gasteiger charge is 2.59. The molecule has 2 aromatic carbocycles. The quantitative estimate of drug-likeness (QED) is 0.494. The van der Waals surface area contributed by atoms with E-state index in [0.29, 0.717) is 12.5 Å². The Bertz CT molecular complexity index is 1240. The zero-order chi connectivity index (χ0) is 24.3. The van der Waals surface area contributed by atoms with Crippen molar-refractivity contribution in [1.82, 2.24) is 9.88 Å². The summed E-state index contributed by atoms with van der Waals surface area (Å²) in [5.41, 5.74) is 4.10. The predicted octanol–water partition coefficient (Wildman–Crippen LogP) is 5.96. The Morgan fingerprint density at radius 1 is 1.09 bits per heavy atom. The smallest absolute Gasteiger partial charge is 0.253 e. The standard InChI is InChI=1S/C29H36N2O3/c1-18-24(26(32)30-27-28(2,3)20-14-15-29(27,4)16-20)22-8-7-9-23(34-6)25(22)31(18)17-19-10-12-21(33-5)13-11-19/h7-13,20,27H,14-17H2,1-6H3,(H,30,32)/t20-,27?,29?/m1/s1. The van der Waals surface area contributed by atoms with E-state index < -0.39 is 0 Å². The summed E-state index contributed by atoms with van der Waals surface area (Å²) >= 11 is 0. The van der Waals surface area contributed by atoms with Crippen LogP contribution in [0.15, 0.2) is 42.5 Å². The number of ether oxygens (including phenoxy) is 2. The fourth-order valence-corrected chi connectivity index (χ4v) is 6.93. The molecule has 1 amide bonds. The molecule has 0 aliphatic heterocycles. The Kier molecular flexibility index (Phi) is 5.42. The number of carbonyl (C=O) groups is 1. The largest absolute Gasteiger partial charge is 0.497 e.